The van der Waals surface area contributed by atoms with Crippen LogP contribution in [0.15, 0.2) is 36.4 Å². The third-order valence-electron chi connectivity index (χ3n) is 4.56. The van der Waals surface area contributed by atoms with Crippen LogP contribution >= 0.6 is 15.9 Å². The lowest BCUT2D eigenvalue weighted by Crippen LogP contribution is -2.28. The molecule has 0 saturated heterocycles. The molecular formula is C19H23BrO. The number of hydrogen-bond donors (Lipinski definition) is 0. The van der Waals surface area contributed by atoms with Crippen molar-refractivity contribution in [3.8, 4) is 5.75 Å². The van der Waals surface area contributed by atoms with E-state index in [4.69, 9.17) is 4.74 Å². The highest BCUT2D eigenvalue weighted by Crippen LogP contribution is 2.35. The average molecular weight is 347 g/mol. The zero-order valence-corrected chi connectivity index (χ0v) is 14.4. The van der Waals surface area contributed by atoms with Crippen LogP contribution in [0.1, 0.15) is 38.7 Å². The van der Waals surface area contributed by atoms with E-state index in [-0.39, 0.29) is 0 Å². The molecule has 3 rings (SSSR count). The van der Waals surface area contributed by atoms with Crippen molar-refractivity contribution in [3.05, 3.63) is 42.0 Å². The highest BCUT2D eigenvalue weighted by molar-refractivity contribution is 9.08. The van der Waals surface area contributed by atoms with Crippen LogP contribution in [0.3, 0.4) is 0 Å². The van der Waals surface area contributed by atoms with Gasteiger partial charge in [0.1, 0.15) is 5.75 Å². The van der Waals surface area contributed by atoms with Crippen molar-refractivity contribution in [3.63, 3.8) is 0 Å². The number of rotatable bonds is 3. The molecule has 112 valence electrons. The van der Waals surface area contributed by atoms with Gasteiger partial charge in [-0.25, -0.2) is 0 Å². The van der Waals surface area contributed by atoms with Crippen molar-refractivity contribution < 1.29 is 4.74 Å². The maximum atomic E-state index is 6.40. The molecule has 0 spiro atoms. The highest BCUT2D eigenvalue weighted by Gasteiger charge is 2.25. The molecule has 2 atom stereocenters. The maximum absolute atomic E-state index is 6.40. The molecule has 1 aliphatic carbocycles. The summed E-state index contributed by atoms with van der Waals surface area (Å²) in [5, 5.41) is 3.41. The van der Waals surface area contributed by atoms with Gasteiger partial charge in [0.25, 0.3) is 0 Å². The van der Waals surface area contributed by atoms with Gasteiger partial charge in [0, 0.05) is 10.9 Å². The summed E-state index contributed by atoms with van der Waals surface area (Å²) in [5.41, 5.74) is 1.28. The normalized spacial score (nSPS) is 26.0. The molecule has 2 aromatic carbocycles. The topological polar surface area (TPSA) is 9.23 Å². The number of fused-ring (bicyclic) bond motifs is 1. The van der Waals surface area contributed by atoms with Crippen LogP contribution in [0, 0.1) is 11.8 Å². The zero-order chi connectivity index (χ0) is 14.8. The first kappa shape index (κ1) is 14.9. The van der Waals surface area contributed by atoms with E-state index in [2.05, 4.69) is 66.2 Å². The van der Waals surface area contributed by atoms with Crippen LogP contribution in [0.5, 0.6) is 5.75 Å². The van der Waals surface area contributed by atoms with Gasteiger partial charge in [-0.1, -0.05) is 60.1 Å². The Morgan fingerprint density at radius 3 is 2.43 bits per heavy atom. The van der Waals surface area contributed by atoms with E-state index in [0.29, 0.717) is 6.10 Å². The number of ether oxygens (including phenoxy) is 1. The molecule has 0 amide bonds. The molecular weight excluding hydrogens is 324 g/mol. The fraction of sp³-hybridized carbons (Fsp3) is 0.474. The molecule has 21 heavy (non-hydrogen) atoms. The standard InChI is InChI=1S/C19H23BrO/c1-13-9-14(2)11-16(10-13)21-19-8-7-15-5-3-4-6-17(15)18(19)12-20/h3-8,13-14,16H,9-12H2,1-2H3. The second-order valence-electron chi connectivity index (χ2n) is 6.55. The van der Waals surface area contributed by atoms with E-state index in [0.717, 1.165) is 22.9 Å². The van der Waals surface area contributed by atoms with Crippen molar-refractivity contribution >= 4 is 26.7 Å². The SMILES string of the molecule is CC1CC(C)CC(Oc2ccc3ccccc3c2CBr)C1. The molecule has 0 aliphatic heterocycles. The molecule has 0 aromatic heterocycles. The minimum Gasteiger partial charge on any atom is -0.490 e. The molecule has 1 saturated carbocycles. The number of alkyl halides is 1. The van der Waals surface area contributed by atoms with Crippen molar-refractivity contribution in [2.75, 3.05) is 0 Å². The van der Waals surface area contributed by atoms with Gasteiger partial charge in [-0.3, -0.25) is 0 Å². The Hall–Kier alpha value is -1.02. The molecule has 0 radical (unpaired) electrons. The summed E-state index contributed by atoms with van der Waals surface area (Å²) in [4.78, 5) is 0. The van der Waals surface area contributed by atoms with Gasteiger partial charge in [0.2, 0.25) is 0 Å². The van der Waals surface area contributed by atoms with Crippen molar-refractivity contribution in [1.29, 1.82) is 0 Å². The third-order valence-corrected chi connectivity index (χ3v) is 5.12. The molecule has 2 aromatic rings. The van der Waals surface area contributed by atoms with Gasteiger partial charge in [0.15, 0.2) is 0 Å². The molecule has 2 heteroatoms. The Balaban J connectivity index is 1.90. The van der Waals surface area contributed by atoms with E-state index in [9.17, 15) is 0 Å². The van der Waals surface area contributed by atoms with Crippen LogP contribution in [0.25, 0.3) is 10.8 Å². The molecule has 1 aliphatic rings. The van der Waals surface area contributed by atoms with Crippen molar-refractivity contribution in [1.82, 2.24) is 0 Å². The first-order valence-electron chi connectivity index (χ1n) is 7.90. The second-order valence-corrected chi connectivity index (χ2v) is 7.12. The fourth-order valence-electron chi connectivity index (χ4n) is 3.71. The molecule has 0 heterocycles. The van der Waals surface area contributed by atoms with E-state index >= 15 is 0 Å². The summed E-state index contributed by atoms with van der Waals surface area (Å²) in [6.07, 6.45) is 4.06. The lowest BCUT2D eigenvalue weighted by atomic mass is 9.82. The van der Waals surface area contributed by atoms with Crippen molar-refractivity contribution in [2.24, 2.45) is 11.8 Å². The lowest BCUT2D eigenvalue weighted by molar-refractivity contribution is 0.100. The Morgan fingerprint density at radius 2 is 1.71 bits per heavy atom. The molecule has 1 fully saturated rings. The van der Waals surface area contributed by atoms with Gasteiger partial charge >= 0.3 is 0 Å². The van der Waals surface area contributed by atoms with Crippen LogP contribution in [0.2, 0.25) is 0 Å². The smallest absolute Gasteiger partial charge is 0.124 e. The van der Waals surface area contributed by atoms with Gasteiger partial charge in [0.05, 0.1) is 6.10 Å². The number of hydrogen-bond acceptors (Lipinski definition) is 1. The third kappa shape index (κ3) is 3.26. The van der Waals surface area contributed by atoms with Crippen LogP contribution in [0.4, 0.5) is 0 Å². The minimum atomic E-state index is 0.364. The minimum absolute atomic E-state index is 0.364. The molecule has 0 bridgehead atoms. The Kier molecular flexibility index (Phi) is 4.54. The van der Waals surface area contributed by atoms with Gasteiger partial charge in [-0.15, -0.1) is 0 Å². The van der Waals surface area contributed by atoms with Crippen LogP contribution in [-0.2, 0) is 5.33 Å². The molecule has 0 N–H and O–H groups in total. The van der Waals surface area contributed by atoms with Crippen molar-refractivity contribution in [2.45, 2.75) is 44.5 Å². The Bertz CT molecular complexity index is 612. The van der Waals surface area contributed by atoms with Gasteiger partial charge in [-0.05, 0) is 47.9 Å². The predicted octanol–water partition coefficient (Wildman–Crippen LogP) is 5.94. The number of benzene rings is 2. The largest absolute Gasteiger partial charge is 0.490 e. The molecule has 2 unspecified atom stereocenters. The summed E-state index contributed by atoms with van der Waals surface area (Å²) in [5.74, 6) is 2.59. The monoisotopic (exact) mass is 346 g/mol. The van der Waals surface area contributed by atoms with E-state index in [1.807, 2.05) is 0 Å². The van der Waals surface area contributed by atoms with Gasteiger partial charge in [-0.2, -0.15) is 0 Å². The van der Waals surface area contributed by atoms with Crippen LogP contribution < -0.4 is 4.74 Å². The van der Waals surface area contributed by atoms with E-state index in [1.165, 1.54) is 35.6 Å². The predicted molar refractivity (Wildman–Crippen MR) is 93.2 cm³/mol. The van der Waals surface area contributed by atoms with Crippen LogP contribution in [-0.4, -0.2) is 6.10 Å². The summed E-state index contributed by atoms with van der Waals surface area (Å²) >= 11 is 3.64. The average Bonchev–Trinajstić information content (AvgIpc) is 2.46. The highest BCUT2D eigenvalue weighted by atomic mass is 79.9. The fourth-order valence-corrected chi connectivity index (χ4v) is 4.29. The summed E-state index contributed by atoms with van der Waals surface area (Å²) in [6.45, 7) is 4.69. The molecule has 1 nitrogen and oxygen atoms in total. The summed E-state index contributed by atoms with van der Waals surface area (Å²) < 4.78 is 6.40. The number of halogens is 1. The quantitative estimate of drug-likeness (QED) is 0.625. The first-order valence-corrected chi connectivity index (χ1v) is 9.02. The van der Waals surface area contributed by atoms with E-state index < -0.39 is 0 Å². The van der Waals surface area contributed by atoms with E-state index in [1.54, 1.807) is 0 Å². The summed E-state index contributed by atoms with van der Waals surface area (Å²) in [6, 6.07) is 12.9. The Morgan fingerprint density at radius 1 is 1.00 bits per heavy atom. The first-order chi connectivity index (χ1) is 10.2. The second kappa shape index (κ2) is 6.39. The maximum Gasteiger partial charge on any atom is 0.124 e. The summed E-state index contributed by atoms with van der Waals surface area (Å²) in [7, 11) is 0. The Labute approximate surface area is 135 Å². The zero-order valence-electron chi connectivity index (χ0n) is 12.8. The van der Waals surface area contributed by atoms with Gasteiger partial charge < -0.3 is 4.74 Å². The lowest BCUT2D eigenvalue weighted by Gasteiger charge is -2.32.